The monoisotopic (exact) mass is 339 g/mol. The van der Waals surface area contributed by atoms with Crippen molar-refractivity contribution in [1.29, 1.82) is 0 Å². The summed E-state index contributed by atoms with van der Waals surface area (Å²) in [5.41, 5.74) is 1.21. The van der Waals surface area contributed by atoms with Crippen molar-refractivity contribution in [3.63, 3.8) is 0 Å². The molecule has 0 bridgehead atoms. The number of amides is 1. The van der Waals surface area contributed by atoms with E-state index in [4.69, 9.17) is 14.6 Å². The molecule has 0 heterocycles. The van der Waals surface area contributed by atoms with Crippen LogP contribution in [0.1, 0.15) is 25.3 Å². The molecule has 0 aromatic heterocycles. The second-order valence-electron chi connectivity index (χ2n) is 4.79. The van der Waals surface area contributed by atoms with Gasteiger partial charge in [0.1, 0.15) is 0 Å². The quantitative estimate of drug-likeness (QED) is 0.307. The molecule has 0 spiro atoms. The number of hydroxylamine groups is 2. The first kappa shape index (κ1) is 21.8. The Labute approximate surface area is 153 Å². The van der Waals surface area contributed by atoms with Crippen molar-refractivity contribution in [3.05, 3.63) is 35.9 Å². The minimum atomic E-state index is -4.02. The number of rotatable bonds is 9. The van der Waals surface area contributed by atoms with Gasteiger partial charge in [0.2, 0.25) is 5.91 Å². The summed E-state index contributed by atoms with van der Waals surface area (Å²) in [6.45, 7) is 1.95. The minimum absolute atomic E-state index is 0. The molecule has 0 saturated carbocycles. The van der Waals surface area contributed by atoms with Gasteiger partial charge in [-0.1, -0.05) is 30.3 Å². The van der Waals surface area contributed by atoms with Gasteiger partial charge >= 0.3 is 37.2 Å². The Hall–Kier alpha value is -0.200. The van der Waals surface area contributed by atoms with Gasteiger partial charge in [0.15, 0.2) is 0 Å². The van der Waals surface area contributed by atoms with Crippen LogP contribution in [0.4, 0.5) is 0 Å². The maximum atomic E-state index is 11.4. The predicted molar refractivity (Wildman–Crippen MR) is 86.8 cm³/mol. The van der Waals surface area contributed by atoms with Crippen LogP contribution in [0.2, 0.25) is 0 Å². The van der Waals surface area contributed by atoms with Crippen molar-refractivity contribution in [1.82, 2.24) is 5.06 Å². The summed E-state index contributed by atoms with van der Waals surface area (Å²) >= 11 is 0. The number of hydrogen-bond donors (Lipinski definition) is 2. The Balaban J connectivity index is 0.00000441. The standard InChI is InChI=1S/C14H22NO5P.Na.H/c1-13(16)15(10-6-12-21(17,18)19)20-11-5-9-14-7-3-2-4-8-14;;/h2-4,7-8H,5-6,9-12H2,1H3,(H2,17,18,19);;. The first-order valence-corrected chi connectivity index (χ1v) is 8.68. The van der Waals surface area contributed by atoms with Crippen molar-refractivity contribution in [2.45, 2.75) is 26.2 Å². The average molecular weight is 339 g/mol. The van der Waals surface area contributed by atoms with Crippen molar-refractivity contribution in [2.24, 2.45) is 0 Å². The molecule has 0 aliphatic carbocycles. The van der Waals surface area contributed by atoms with Gasteiger partial charge in [-0.3, -0.25) is 14.2 Å². The Kier molecular flexibility index (Phi) is 11.3. The third-order valence-electron chi connectivity index (χ3n) is 2.86. The number of hydrogen-bond acceptors (Lipinski definition) is 3. The molecule has 0 aliphatic heterocycles. The van der Waals surface area contributed by atoms with Gasteiger partial charge in [-0.05, 0) is 24.8 Å². The summed E-state index contributed by atoms with van der Waals surface area (Å²) < 4.78 is 10.8. The Morgan fingerprint density at radius 2 is 1.86 bits per heavy atom. The molecule has 2 N–H and O–H groups in total. The zero-order chi connectivity index (χ0) is 15.7. The SMILES string of the molecule is CC(=O)N(CCCP(=O)(O)O)OCCCc1ccccc1.[NaH]. The summed E-state index contributed by atoms with van der Waals surface area (Å²) in [5.74, 6) is -0.263. The molecule has 0 atom stereocenters. The van der Waals surface area contributed by atoms with E-state index in [0.29, 0.717) is 6.61 Å². The molecule has 8 heteroatoms. The summed E-state index contributed by atoms with van der Waals surface area (Å²) in [6, 6.07) is 9.96. The van der Waals surface area contributed by atoms with Crippen LogP contribution in [0, 0.1) is 0 Å². The number of nitrogens with zero attached hydrogens (tertiary/aromatic N) is 1. The molecule has 1 aromatic carbocycles. The topological polar surface area (TPSA) is 87.1 Å². The van der Waals surface area contributed by atoms with Gasteiger partial charge in [-0.2, -0.15) is 0 Å². The van der Waals surface area contributed by atoms with E-state index >= 15 is 0 Å². The zero-order valence-electron chi connectivity index (χ0n) is 12.1. The van der Waals surface area contributed by atoms with E-state index in [0.717, 1.165) is 12.8 Å². The van der Waals surface area contributed by atoms with Crippen molar-refractivity contribution in [3.8, 4) is 0 Å². The molecule has 1 amide bonds. The molecule has 120 valence electrons. The van der Waals surface area contributed by atoms with Crippen LogP contribution in [0.25, 0.3) is 0 Å². The summed E-state index contributed by atoms with van der Waals surface area (Å²) in [7, 11) is -4.02. The van der Waals surface area contributed by atoms with Crippen LogP contribution < -0.4 is 0 Å². The van der Waals surface area contributed by atoms with Gasteiger partial charge < -0.3 is 9.79 Å². The Morgan fingerprint density at radius 3 is 2.41 bits per heavy atom. The van der Waals surface area contributed by atoms with Crippen LogP contribution in [0.15, 0.2) is 30.3 Å². The summed E-state index contributed by atoms with van der Waals surface area (Å²) in [5, 5.41) is 1.17. The molecule has 1 rings (SSSR count). The average Bonchev–Trinajstić information content (AvgIpc) is 2.41. The second-order valence-corrected chi connectivity index (χ2v) is 6.56. The zero-order valence-corrected chi connectivity index (χ0v) is 13.0. The number of aryl methyl sites for hydroxylation is 1. The van der Waals surface area contributed by atoms with E-state index < -0.39 is 7.60 Å². The number of benzene rings is 1. The second kappa shape index (κ2) is 11.4. The molecule has 0 unspecified atom stereocenters. The van der Waals surface area contributed by atoms with E-state index in [1.807, 2.05) is 30.3 Å². The van der Waals surface area contributed by atoms with Crippen molar-refractivity contribution >= 4 is 43.1 Å². The Morgan fingerprint density at radius 1 is 1.23 bits per heavy atom. The van der Waals surface area contributed by atoms with E-state index in [9.17, 15) is 9.36 Å². The fourth-order valence-electron chi connectivity index (χ4n) is 1.83. The van der Waals surface area contributed by atoms with Crippen LogP contribution >= 0.6 is 7.60 Å². The summed E-state index contributed by atoms with van der Waals surface area (Å²) in [4.78, 5) is 34.3. The molecule has 1 aromatic rings. The first-order chi connectivity index (χ1) is 9.88. The van der Waals surface area contributed by atoms with Gasteiger partial charge in [0, 0.05) is 13.5 Å². The van der Waals surface area contributed by atoms with Crippen LogP contribution in [0.5, 0.6) is 0 Å². The first-order valence-electron chi connectivity index (χ1n) is 6.88. The van der Waals surface area contributed by atoms with Crippen LogP contribution in [0.3, 0.4) is 0 Å². The van der Waals surface area contributed by atoms with E-state index in [2.05, 4.69) is 0 Å². The number of carbonyl (C=O) groups is 1. The number of carbonyl (C=O) groups excluding carboxylic acids is 1. The molecule has 0 fully saturated rings. The third-order valence-corrected chi connectivity index (χ3v) is 3.76. The summed E-state index contributed by atoms with van der Waals surface area (Å²) in [6.07, 6.45) is 1.59. The van der Waals surface area contributed by atoms with Gasteiger partial charge in [-0.15, -0.1) is 0 Å². The van der Waals surface area contributed by atoms with E-state index in [1.165, 1.54) is 17.6 Å². The maximum absolute atomic E-state index is 11.4. The third kappa shape index (κ3) is 10.5. The fourth-order valence-corrected chi connectivity index (χ4v) is 2.38. The normalized spacial score (nSPS) is 10.9. The van der Waals surface area contributed by atoms with Gasteiger partial charge in [0.05, 0.1) is 12.8 Å². The molecular formula is C14H23NNaO5P. The molecular weight excluding hydrogens is 316 g/mol. The molecule has 22 heavy (non-hydrogen) atoms. The Bertz CT molecular complexity index is 479. The van der Waals surface area contributed by atoms with Crippen LogP contribution in [-0.2, 0) is 20.6 Å². The van der Waals surface area contributed by atoms with Gasteiger partial charge in [0.25, 0.3) is 0 Å². The van der Waals surface area contributed by atoms with E-state index in [-0.39, 0.29) is 54.6 Å². The van der Waals surface area contributed by atoms with Crippen molar-refractivity contribution < 1.29 is 24.0 Å². The fraction of sp³-hybridized carbons (Fsp3) is 0.500. The molecule has 0 saturated heterocycles. The van der Waals surface area contributed by atoms with Gasteiger partial charge in [-0.25, -0.2) is 5.06 Å². The predicted octanol–water partition coefficient (Wildman–Crippen LogP) is 1.32. The molecule has 0 aliphatic rings. The molecule has 6 nitrogen and oxygen atoms in total. The van der Waals surface area contributed by atoms with Crippen LogP contribution in [-0.4, -0.2) is 69.6 Å². The van der Waals surface area contributed by atoms with Crippen molar-refractivity contribution in [2.75, 3.05) is 19.3 Å². The van der Waals surface area contributed by atoms with E-state index in [1.54, 1.807) is 0 Å². The molecule has 0 radical (unpaired) electrons.